The molecule has 1 N–H and O–H groups in total. The van der Waals surface area contributed by atoms with Crippen molar-refractivity contribution in [3.63, 3.8) is 0 Å². The molecule has 1 amide bonds. The van der Waals surface area contributed by atoms with E-state index >= 15 is 0 Å². The number of amides is 1. The van der Waals surface area contributed by atoms with Gasteiger partial charge in [0.2, 0.25) is 5.91 Å². The van der Waals surface area contributed by atoms with Gasteiger partial charge < -0.3 is 14.8 Å². The van der Waals surface area contributed by atoms with Crippen molar-refractivity contribution in [3.8, 4) is 11.5 Å². The Morgan fingerprint density at radius 2 is 1.96 bits per heavy atom. The number of anilines is 1. The molecule has 0 atom stereocenters. The highest BCUT2D eigenvalue weighted by molar-refractivity contribution is 9.10. The van der Waals surface area contributed by atoms with Crippen molar-refractivity contribution < 1.29 is 18.7 Å². The van der Waals surface area contributed by atoms with Crippen molar-refractivity contribution >= 4 is 33.6 Å². The van der Waals surface area contributed by atoms with E-state index in [2.05, 4.69) is 21.2 Å². The van der Waals surface area contributed by atoms with E-state index in [0.29, 0.717) is 16.0 Å². The lowest BCUT2D eigenvalue weighted by Gasteiger charge is -2.10. The number of hydrogen-bond acceptors (Lipinski definition) is 3. The van der Waals surface area contributed by atoms with Crippen molar-refractivity contribution in [2.24, 2.45) is 0 Å². The second-order valence-corrected chi connectivity index (χ2v) is 5.40. The highest BCUT2D eigenvalue weighted by Gasteiger charge is 2.09. The molecule has 2 aromatic rings. The Balaban J connectivity index is 2.15. The van der Waals surface area contributed by atoms with Gasteiger partial charge in [-0.2, -0.15) is 0 Å². The first-order chi connectivity index (χ1) is 11.0. The molecule has 0 unspecified atom stereocenters. The molecule has 4 nitrogen and oxygen atoms in total. The van der Waals surface area contributed by atoms with Gasteiger partial charge in [-0.05, 0) is 51.8 Å². The fourth-order valence-electron chi connectivity index (χ4n) is 1.94. The quantitative estimate of drug-likeness (QED) is 0.789. The van der Waals surface area contributed by atoms with Crippen LogP contribution in [0.25, 0.3) is 6.08 Å². The number of rotatable bonds is 5. The third-order valence-electron chi connectivity index (χ3n) is 3.01. The van der Waals surface area contributed by atoms with Gasteiger partial charge in [-0.25, -0.2) is 4.39 Å². The minimum absolute atomic E-state index is 0.135. The molecule has 0 radical (unpaired) electrons. The third-order valence-corrected chi connectivity index (χ3v) is 3.60. The van der Waals surface area contributed by atoms with Crippen LogP contribution >= 0.6 is 15.9 Å². The first-order valence-electron chi connectivity index (χ1n) is 6.70. The standard InChI is InChI=1S/C17H15BrFNO3/c1-22-15-10-11(9-12(18)17(15)23-2)7-8-16(21)20-14-6-4-3-5-13(14)19/h3-10H,1-2H3,(H,20,21)/b8-7+. The number of carbonyl (C=O) groups excluding carboxylic acids is 1. The fraction of sp³-hybridized carbons (Fsp3) is 0.118. The minimum atomic E-state index is -0.483. The van der Waals surface area contributed by atoms with Crippen LogP contribution < -0.4 is 14.8 Å². The van der Waals surface area contributed by atoms with Crippen molar-refractivity contribution in [1.29, 1.82) is 0 Å². The molecule has 0 aliphatic heterocycles. The zero-order chi connectivity index (χ0) is 16.8. The average molecular weight is 380 g/mol. The van der Waals surface area contributed by atoms with Crippen LogP contribution in [0.15, 0.2) is 46.9 Å². The van der Waals surface area contributed by atoms with Gasteiger partial charge in [-0.1, -0.05) is 12.1 Å². The van der Waals surface area contributed by atoms with Crippen molar-refractivity contribution in [2.45, 2.75) is 0 Å². The van der Waals surface area contributed by atoms with Gasteiger partial charge in [-0.15, -0.1) is 0 Å². The van der Waals surface area contributed by atoms with E-state index in [1.807, 2.05) is 0 Å². The lowest BCUT2D eigenvalue weighted by Crippen LogP contribution is -2.09. The predicted molar refractivity (Wildman–Crippen MR) is 91.3 cm³/mol. The minimum Gasteiger partial charge on any atom is -0.493 e. The van der Waals surface area contributed by atoms with Gasteiger partial charge in [0.1, 0.15) is 5.82 Å². The second-order valence-electron chi connectivity index (χ2n) is 4.54. The molecule has 120 valence electrons. The maximum atomic E-state index is 13.5. The first kappa shape index (κ1) is 17.0. The lowest BCUT2D eigenvalue weighted by atomic mass is 10.2. The fourth-order valence-corrected chi connectivity index (χ4v) is 2.56. The number of nitrogens with one attached hydrogen (secondary N) is 1. The normalized spacial score (nSPS) is 10.6. The summed E-state index contributed by atoms with van der Waals surface area (Å²) in [7, 11) is 3.07. The Morgan fingerprint density at radius 3 is 2.61 bits per heavy atom. The molecule has 0 spiro atoms. The number of carbonyl (C=O) groups is 1. The molecular formula is C17H15BrFNO3. The number of methoxy groups -OCH3 is 2. The van der Waals surface area contributed by atoms with Crippen LogP contribution in [0.2, 0.25) is 0 Å². The van der Waals surface area contributed by atoms with Gasteiger partial charge in [0.25, 0.3) is 0 Å². The Hall–Kier alpha value is -2.34. The number of benzene rings is 2. The summed E-state index contributed by atoms with van der Waals surface area (Å²) >= 11 is 3.38. The largest absolute Gasteiger partial charge is 0.493 e. The van der Waals surface area contributed by atoms with E-state index in [1.165, 1.54) is 25.3 Å². The van der Waals surface area contributed by atoms with Crippen LogP contribution in [-0.4, -0.2) is 20.1 Å². The maximum absolute atomic E-state index is 13.5. The summed E-state index contributed by atoms with van der Waals surface area (Å²) in [6, 6.07) is 9.50. The molecule has 0 saturated carbocycles. The molecular weight excluding hydrogens is 365 g/mol. The van der Waals surface area contributed by atoms with E-state index < -0.39 is 11.7 Å². The van der Waals surface area contributed by atoms with Crippen LogP contribution in [0.3, 0.4) is 0 Å². The van der Waals surface area contributed by atoms with E-state index in [9.17, 15) is 9.18 Å². The molecule has 6 heteroatoms. The lowest BCUT2D eigenvalue weighted by molar-refractivity contribution is -0.111. The van der Waals surface area contributed by atoms with E-state index in [1.54, 1.807) is 37.5 Å². The predicted octanol–water partition coefficient (Wildman–Crippen LogP) is 4.26. The molecule has 2 rings (SSSR count). The zero-order valence-corrected chi connectivity index (χ0v) is 14.2. The van der Waals surface area contributed by atoms with Crippen molar-refractivity contribution in [1.82, 2.24) is 0 Å². The smallest absolute Gasteiger partial charge is 0.248 e. The molecule has 0 heterocycles. The van der Waals surface area contributed by atoms with Crippen LogP contribution in [0.1, 0.15) is 5.56 Å². The highest BCUT2D eigenvalue weighted by atomic mass is 79.9. The Labute approximate surface area is 142 Å². The summed E-state index contributed by atoms with van der Waals surface area (Å²) in [5, 5.41) is 2.48. The Kier molecular flexibility index (Phi) is 5.76. The summed E-state index contributed by atoms with van der Waals surface area (Å²) in [5.41, 5.74) is 0.869. The summed E-state index contributed by atoms with van der Waals surface area (Å²) < 4.78 is 24.6. The van der Waals surface area contributed by atoms with Crippen molar-refractivity contribution in [3.05, 3.63) is 58.3 Å². The number of hydrogen-bond donors (Lipinski definition) is 1. The average Bonchev–Trinajstić information content (AvgIpc) is 2.54. The van der Waals surface area contributed by atoms with Gasteiger partial charge in [0.05, 0.1) is 24.4 Å². The zero-order valence-electron chi connectivity index (χ0n) is 12.6. The summed E-state index contributed by atoms with van der Waals surface area (Å²) in [6.45, 7) is 0. The van der Waals surface area contributed by atoms with Crippen LogP contribution in [0.4, 0.5) is 10.1 Å². The first-order valence-corrected chi connectivity index (χ1v) is 7.49. The van der Waals surface area contributed by atoms with Crippen LogP contribution in [0, 0.1) is 5.82 Å². The summed E-state index contributed by atoms with van der Waals surface area (Å²) in [4.78, 5) is 11.9. The number of ether oxygens (including phenoxy) is 2. The summed E-state index contributed by atoms with van der Waals surface area (Å²) in [6.07, 6.45) is 2.92. The number of halogens is 2. The molecule has 0 aromatic heterocycles. The second kappa shape index (κ2) is 7.78. The van der Waals surface area contributed by atoms with Gasteiger partial charge in [0.15, 0.2) is 11.5 Å². The molecule has 0 bridgehead atoms. The topological polar surface area (TPSA) is 47.6 Å². The molecule has 0 aliphatic rings. The van der Waals surface area contributed by atoms with Crippen molar-refractivity contribution in [2.75, 3.05) is 19.5 Å². The molecule has 2 aromatic carbocycles. The summed E-state index contributed by atoms with van der Waals surface area (Å²) in [5.74, 6) is 0.195. The number of para-hydroxylation sites is 1. The Bertz CT molecular complexity index is 747. The third kappa shape index (κ3) is 4.32. The monoisotopic (exact) mass is 379 g/mol. The van der Waals surface area contributed by atoms with E-state index in [-0.39, 0.29) is 5.69 Å². The highest BCUT2D eigenvalue weighted by Crippen LogP contribution is 2.36. The molecule has 0 aliphatic carbocycles. The molecule has 0 fully saturated rings. The maximum Gasteiger partial charge on any atom is 0.248 e. The van der Waals surface area contributed by atoms with E-state index in [0.717, 1.165) is 5.56 Å². The van der Waals surface area contributed by atoms with Gasteiger partial charge in [-0.3, -0.25) is 4.79 Å². The van der Waals surface area contributed by atoms with Crippen LogP contribution in [-0.2, 0) is 4.79 Å². The van der Waals surface area contributed by atoms with Gasteiger partial charge >= 0.3 is 0 Å². The molecule has 23 heavy (non-hydrogen) atoms. The van der Waals surface area contributed by atoms with E-state index in [4.69, 9.17) is 9.47 Å². The molecule has 0 saturated heterocycles. The Morgan fingerprint density at radius 1 is 1.22 bits per heavy atom. The SMILES string of the molecule is COc1cc(/C=C/C(=O)Nc2ccccc2F)cc(Br)c1OC. The van der Waals surface area contributed by atoms with Crippen LogP contribution in [0.5, 0.6) is 11.5 Å². The van der Waals surface area contributed by atoms with Gasteiger partial charge in [0, 0.05) is 6.08 Å².